The molecule has 2 aliphatic heterocycles. The van der Waals surface area contributed by atoms with E-state index in [1.54, 1.807) is 0 Å². The van der Waals surface area contributed by atoms with Crippen LogP contribution in [-0.2, 0) is 16.0 Å². The lowest BCUT2D eigenvalue weighted by atomic mass is 9.97. The molecule has 5 heteroatoms. The molecule has 3 rings (SSSR count). The Morgan fingerprint density at radius 1 is 1.40 bits per heavy atom. The zero-order valence-corrected chi connectivity index (χ0v) is 11.4. The maximum atomic E-state index is 12.8. The molecule has 2 aliphatic rings. The molecule has 20 heavy (non-hydrogen) atoms. The number of fused-ring (bicyclic) bond motifs is 1. The molecule has 2 heterocycles. The molecule has 1 fully saturated rings. The summed E-state index contributed by atoms with van der Waals surface area (Å²) in [5.74, 6) is -1.08. The van der Waals surface area contributed by atoms with Crippen LogP contribution in [0.4, 0.5) is 5.69 Å². The van der Waals surface area contributed by atoms with Crippen molar-refractivity contribution in [1.82, 2.24) is 5.32 Å². The minimum absolute atomic E-state index is 0.132. The fraction of sp³-hybridized carbons (Fsp3) is 0.467. The maximum absolute atomic E-state index is 12.8. The van der Waals surface area contributed by atoms with Gasteiger partial charge in [-0.05, 0) is 37.9 Å². The highest BCUT2D eigenvalue weighted by atomic mass is 16.4. The number of carbonyl (C=O) groups excluding carboxylic acids is 1. The Labute approximate surface area is 117 Å². The average Bonchev–Trinajstić information content (AvgIpc) is 3.02. The molecule has 0 aromatic heterocycles. The number of carboxylic acid groups (broad SMARTS) is 1. The van der Waals surface area contributed by atoms with E-state index in [0.29, 0.717) is 6.42 Å². The first-order valence-electron chi connectivity index (χ1n) is 6.92. The molecule has 2 N–H and O–H groups in total. The molecule has 106 valence electrons. The van der Waals surface area contributed by atoms with E-state index in [2.05, 4.69) is 5.32 Å². The van der Waals surface area contributed by atoms with Gasteiger partial charge in [0.1, 0.15) is 6.04 Å². The predicted molar refractivity (Wildman–Crippen MR) is 74.7 cm³/mol. The number of rotatable bonds is 2. The number of hydrogen-bond acceptors (Lipinski definition) is 3. The fourth-order valence-electron chi connectivity index (χ4n) is 3.18. The van der Waals surface area contributed by atoms with Crippen LogP contribution >= 0.6 is 0 Å². The Balaban J connectivity index is 2.00. The SMILES string of the molecule is CC1(C(=O)N2c3ccccc3CC2C(=O)O)CCCN1. The quantitative estimate of drug-likeness (QED) is 0.849. The van der Waals surface area contributed by atoms with Crippen molar-refractivity contribution in [2.24, 2.45) is 0 Å². The van der Waals surface area contributed by atoms with Crippen LogP contribution in [0.2, 0.25) is 0 Å². The van der Waals surface area contributed by atoms with E-state index in [4.69, 9.17) is 0 Å². The van der Waals surface area contributed by atoms with Crippen LogP contribution in [0.3, 0.4) is 0 Å². The second-order valence-electron chi connectivity index (χ2n) is 5.72. The average molecular weight is 274 g/mol. The van der Waals surface area contributed by atoms with Crippen molar-refractivity contribution < 1.29 is 14.7 Å². The Hall–Kier alpha value is -1.88. The van der Waals surface area contributed by atoms with Gasteiger partial charge in [-0.25, -0.2) is 4.79 Å². The van der Waals surface area contributed by atoms with Gasteiger partial charge in [-0.3, -0.25) is 9.69 Å². The Morgan fingerprint density at radius 3 is 2.80 bits per heavy atom. The van der Waals surface area contributed by atoms with Crippen LogP contribution in [0.5, 0.6) is 0 Å². The summed E-state index contributed by atoms with van der Waals surface area (Å²) in [6.07, 6.45) is 2.07. The second-order valence-corrected chi connectivity index (χ2v) is 5.72. The third kappa shape index (κ3) is 1.89. The molecule has 1 amide bonds. The lowest BCUT2D eigenvalue weighted by Gasteiger charge is -2.32. The maximum Gasteiger partial charge on any atom is 0.327 e. The Kier molecular flexibility index (Phi) is 3.01. The van der Waals surface area contributed by atoms with Crippen LogP contribution in [0.15, 0.2) is 24.3 Å². The number of nitrogens with zero attached hydrogens (tertiary/aromatic N) is 1. The van der Waals surface area contributed by atoms with Gasteiger partial charge in [0.05, 0.1) is 5.54 Å². The summed E-state index contributed by atoms with van der Waals surface area (Å²) in [6.45, 7) is 2.66. The van der Waals surface area contributed by atoms with E-state index in [-0.39, 0.29) is 5.91 Å². The summed E-state index contributed by atoms with van der Waals surface area (Å²) in [6, 6.07) is 6.64. The first-order chi connectivity index (χ1) is 9.53. The fourth-order valence-corrected chi connectivity index (χ4v) is 3.18. The first kappa shape index (κ1) is 13.1. The largest absolute Gasteiger partial charge is 0.480 e. The monoisotopic (exact) mass is 274 g/mol. The van der Waals surface area contributed by atoms with Crippen LogP contribution in [-0.4, -0.2) is 35.1 Å². The molecule has 0 aliphatic carbocycles. The van der Waals surface area contributed by atoms with Crippen molar-refractivity contribution in [2.75, 3.05) is 11.4 Å². The van der Waals surface area contributed by atoms with Crippen molar-refractivity contribution in [2.45, 2.75) is 37.8 Å². The number of carboxylic acids is 1. The second kappa shape index (κ2) is 4.59. The number of nitrogens with one attached hydrogen (secondary N) is 1. The smallest absolute Gasteiger partial charge is 0.327 e. The van der Waals surface area contributed by atoms with Crippen LogP contribution < -0.4 is 10.2 Å². The van der Waals surface area contributed by atoms with Crippen molar-refractivity contribution in [3.63, 3.8) is 0 Å². The zero-order chi connectivity index (χ0) is 14.3. The minimum atomic E-state index is -0.948. The molecule has 2 atom stereocenters. The highest BCUT2D eigenvalue weighted by Gasteiger charge is 2.46. The molecular formula is C15H18N2O3. The number of amides is 1. The van der Waals surface area contributed by atoms with Gasteiger partial charge in [-0.1, -0.05) is 18.2 Å². The van der Waals surface area contributed by atoms with Gasteiger partial charge < -0.3 is 10.4 Å². The van der Waals surface area contributed by atoms with Crippen LogP contribution in [0, 0.1) is 0 Å². The summed E-state index contributed by atoms with van der Waals surface area (Å²) in [4.78, 5) is 25.8. The Bertz CT molecular complexity index is 564. The number of benzene rings is 1. The molecule has 1 aromatic rings. The molecule has 0 radical (unpaired) electrons. The summed E-state index contributed by atoms with van der Waals surface area (Å²) < 4.78 is 0. The molecule has 0 saturated carbocycles. The molecule has 1 saturated heterocycles. The number of hydrogen-bond donors (Lipinski definition) is 2. The lowest BCUT2D eigenvalue weighted by Crippen LogP contribution is -2.56. The summed E-state index contributed by atoms with van der Waals surface area (Å²) in [7, 11) is 0. The van der Waals surface area contributed by atoms with Crippen molar-refractivity contribution in [3.8, 4) is 0 Å². The van der Waals surface area contributed by atoms with E-state index in [0.717, 1.165) is 30.6 Å². The van der Waals surface area contributed by atoms with Crippen molar-refractivity contribution in [3.05, 3.63) is 29.8 Å². The van der Waals surface area contributed by atoms with Gasteiger partial charge in [0, 0.05) is 12.1 Å². The predicted octanol–water partition coefficient (Wildman–Crippen LogP) is 1.17. The van der Waals surface area contributed by atoms with Crippen LogP contribution in [0.1, 0.15) is 25.3 Å². The topological polar surface area (TPSA) is 69.6 Å². The zero-order valence-electron chi connectivity index (χ0n) is 11.4. The minimum Gasteiger partial charge on any atom is -0.480 e. The van der Waals surface area contributed by atoms with Gasteiger partial charge in [-0.2, -0.15) is 0 Å². The molecule has 0 spiro atoms. The summed E-state index contributed by atoms with van der Waals surface area (Å²) in [5.41, 5.74) is 1.01. The normalized spacial score (nSPS) is 28.4. The number of anilines is 1. The highest BCUT2D eigenvalue weighted by Crippen LogP contribution is 2.35. The van der Waals surface area contributed by atoms with E-state index in [1.165, 1.54) is 4.90 Å². The molecule has 0 bridgehead atoms. The first-order valence-corrected chi connectivity index (χ1v) is 6.92. The van der Waals surface area contributed by atoms with Crippen LogP contribution in [0.25, 0.3) is 0 Å². The molecule has 1 aromatic carbocycles. The summed E-state index contributed by atoms with van der Waals surface area (Å²) in [5, 5.41) is 12.6. The van der Waals surface area contributed by atoms with Gasteiger partial charge in [0.15, 0.2) is 0 Å². The Morgan fingerprint density at radius 2 is 2.15 bits per heavy atom. The summed E-state index contributed by atoms with van der Waals surface area (Å²) >= 11 is 0. The van der Waals surface area contributed by atoms with E-state index >= 15 is 0 Å². The molecular weight excluding hydrogens is 256 g/mol. The number of para-hydroxylation sites is 1. The van der Waals surface area contributed by atoms with E-state index < -0.39 is 17.6 Å². The van der Waals surface area contributed by atoms with E-state index in [9.17, 15) is 14.7 Å². The molecule has 5 nitrogen and oxygen atoms in total. The third-order valence-electron chi connectivity index (χ3n) is 4.32. The number of carbonyl (C=O) groups is 2. The van der Waals surface area contributed by atoms with E-state index in [1.807, 2.05) is 31.2 Å². The van der Waals surface area contributed by atoms with Crippen molar-refractivity contribution >= 4 is 17.6 Å². The third-order valence-corrected chi connectivity index (χ3v) is 4.32. The molecule has 2 unspecified atom stereocenters. The van der Waals surface area contributed by atoms with Gasteiger partial charge >= 0.3 is 5.97 Å². The number of aliphatic carboxylic acids is 1. The van der Waals surface area contributed by atoms with Gasteiger partial charge in [-0.15, -0.1) is 0 Å². The van der Waals surface area contributed by atoms with Gasteiger partial charge in [0.2, 0.25) is 5.91 Å². The standard InChI is InChI=1S/C15H18N2O3/c1-15(7-4-8-16-15)14(20)17-11-6-3-2-5-10(11)9-12(17)13(18)19/h2-3,5-6,12,16H,4,7-9H2,1H3,(H,18,19). The highest BCUT2D eigenvalue weighted by molar-refractivity contribution is 6.06. The lowest BCUT2D eigenvalue weighted by molar-refractivity contribution is -0.140. The van der Waals surface area contributed by atoms with Crippen molar-refractivity contribution in [1.29, 1.82) is 0 Å². The van der Waals surface area contributed by atoms with Gasteiger partial charge in [0.25, 0.3) is 0 Å².